The SMILES string of the molecule is CCC(C)(CN)NS(=O)(=O)C(C)(C)C. The first-order valence-corrected chi connectivity index (χ1v) is 6.30. The van der Waals surface area contributed by atoms with Crippen LogP contribution in [-0.4, -0.2) is 25.2 Å². The fourth-order valence-electron chi connectivity index (χ4n) is 0.736. The molecule has 0 aromatic heterocycles. The van der Waals surface area contributed by atoms with Gasteiger partial charge in [-0.3, -0.25) is 0 Å². The normalized spacial score (nSPS) is 17.9. The van der Waals surface area contributed by atoms with Crippen molar-refractivity contribution in [1.82, 2.24) is 4.72 Å². The van der Waals surface area contributed by atoms with Crippen molar-refractivity contribution < 1.29 is 8.42 Å². The average molecular weight is 222 g/mol. The molecule has 0 radical (unpaired) electrons. The molecule has 0 aliphatic carbocycles. The highest BCUT2D eigenvalue weighted by atomic mass is 32.2. The molecule has 0 aromatic carbocycles. The van der Waals surface area contributed by atoms with Crippen LogP contribution < -0.4 is 10.5 Å². The molecule has 0 fully saturated rings. The molecule has 1 atom stereocenters. The van der Waals surface area contributed by atoms with Crippen LogP contribution in [-0.2, 0) is 10.0 Å². The molecule has 0 aliphatic heterocycles. The summed E-state index contributed by atoms with van der Waals surface area (Å²) >= 11 is 0. The van der Waals surface area contributed by atoms with E-state index in [1.807, 2.05) is 13.8 Å². The maximum absolute atomic E-state index is 11.8. The lowest BCUT2D eigenvalue weighted by molar-refractivity contribution is 0.404. The fourth-order valence-corrected chi connectivity index (χ4v) is 1.92. The van der Waals surface area contributed by atoms with E-state index in [0.717, 1.165) is 0 Å². The third-order valence-electron chi connectivity index (χ3n) is 2.42. The Balaban J connectivity index is 4.85. The molecule has 0 aromatic rings. The third-order valence-corrected chi connectivity index (χ3v) is 4.79. The van der Waals surface area contributed by atoms with Gasteiger partial charge in [0, 0.05) is 12.1 Å². The number of hydrogen-bond acceptors (Lipinski definition) is 3. The Bertz CT molecular complexity index is 274. The maximum atomic E-state index is 11.8. The van der Waals surface area contributed by atoms with Crippen LogP contribution in [0.5, 0.6) is 0 Å². The Morgan fingerprint density at radius 2 is 1.64 bits per heavy atom. The molecule has 0 rings (SSSR count). The van der Waals surface area contributed by atoms with Gasteiger partial charge in [-0.15, -0.1) is 0 Å². The summed E-state index contributed by atoms with van der Waals surface area (Å²) in [5.41, 5.74) is 5.01. The summed E-state index contributed by atoms with van der Waals surface area (Å²) in [4.78, 5) is 0. The Morgan fingerprint density at radius 3 is 1.86 bits per heavy atom. The second-order valence-corrected chi connectivity index (χ2v) is 7.27. The van der Waals surface area contributed by atoms with Gasteiger partial charge < -0.3 is 5.73 Å². The van der Waals surface area contributed by atoms with Crippen LogP contribution in [0.1, 0.15) is 41.0 Å². The summed E-state index contributed by atoms with van der Waals surface area (Å²) in [5.74, 6) is 0. The molecule has 0 saturated carbocycles. The van der Waals surface area contributed by atoms with E-state index in [-0.39, 0.29) is 0 Å². The fraction of sp³-hybridized carbons (Fsp3) is 1.00. The Morgan fingerprint density at radius 1 is 1.21 bits per heavy atom. The summed E-state index contributed by atoms with van der Waals surface area (Å²) in [6.45, 7) is 9.04. The standard InChI is InChI=1S/C9H22N2O2S/c1-6-9(5,7-10)11-14(12,13)8(2,3)4/h11H,6-7,10H2,1-5H3. The summed E-state index contributed by atoms with van der Waals surface area (Å²) in [7, 11) is -3.31. The smallest absolute Gasteiger partial charge is 0.217 e. The van der Waals surface area contributed by atoms with Gasteiger partial charge in [-0.05, 0) is 34.1 Å². The number of nitrogens with two attached hydrogens (primary N) is 1. The van der Waals surface area contributed by atoms with E-state index in [1.165, 1.54) is 0 Å². The van der Waals surface area contributed by atoms with Crippen LogP contribution in [0.3, 0.4) is 0 Å². The molecule has 1 unspecified atom stereocenters. The van der Waals surface area contributed by atoms with E-state index in [4.69, 9.17) is 5.73 Å². The molecule has 3 N–H and O–H groups in total. The van der Waals surface area contributed by atoms with E-state index < -0.39 is 20.3 Å². The lowest BCUT2D eigenvalue weighted by Crippen LogP contribution is -2.55. The van der Waals surface area contributed by atoms with Gasteiger partial charge in [-0.25, -0.2) is 13.1 Å². The van der Waals surface area contributed by atoms with E-state index in [1.54, 1.807) is 20.8 Å². The van der Waals surface area contributed by atoms with Gasteiger partial charge in [0.1, 0.15) is 0 Å². The van der Waals surface area contributed by atoms with Crippen LogP contribution in [0.25, 0.3) is 0 Å². The first kappa shape index (κ1) is 13.9. The molecule has 0 bridgehead atoms. The predicted octanol–water partition coefficient (Wildman–Crippen LogP) is 0.832. The monoisotopic (exact) mass is 222 g/mol. The van der Waals surface area contributed by atoms with Gasteiger partial charge in [0.2, 0.25) is 10.0 Å². The van der Waals surface area contributed by atoms with Gasteiger partial charge in [0.25, 0.3) is 0 Å². The number of sulfonamides is 1. The minimum atomic E-state index is -3.31. The van der Waals surface area contributed by atoms with Crippen LogP contribution >= 0.6 is 0 Å². The van der Waals surface area contributed by atoms with Crippen molar-refractivity contribution in [3.8, 4) is 0 Å². The zero-order valence-electron chi connectivity index (χ0n) is 9.72. The van der Waals surface area contributed by atoms with Crippen molar-refractivity contribution in [3.63, 3.8) is 0 Å². The maximum Gasteiger partial charge on any atom is 0.217 e. The summed E-state index contributed by atoms with van der Waals surface area (Å²) < 4.78 is 25.5. The van der Waals surface area contributed by atoms with Crippen LogP contribution in [0.4, 0.5) is 0 Å². The Labute approximate surface area is 87.3 Å². The second kappa shape index (κ2) is 4.16. The first-order chi connectivity index (χ1) is 6.08. The van der Waals surface area contributed by atoms with Gasteiger partial charge >= 0.3 is 0 Å². The van der Waals surface area contributed by atoms with E-state index in [0.29, 0.717) is 13.0 Å². The summed E-state index contributed by atoms with van der Waals surface area (Å²) in [5, 5.41) is 0. The number of hydrogen-bond donors (Lipinski definition) is 2. The van der Waals surface area contributed by atoms with Gasteiger partial charge in [-0.1, -0.05) is 6.92 Å². The second-order valence-electron chi connectivity index (χ2n) is 4.84. The summed E-state index contributed by atoms with van der Waals surface area (Å²) in [6, 6.07) is 0. The van der Waals surface area contributed by atoms with Crippen molar-refractivity contribution in [2.45, 2.75) is 51.3 Å². The molecular weight excluding hydrogens is 200 g/mol. The van der Waals surface area contributed by atoms with Crippen LogP contribution in [0.15, 0.2) is 0 Å². The van der Waals surface area contributed by atoms with Gasteiger partial charge in [-0.2, -0.15) is 0 Å². The molecule has 0 aliphatic rings. The molecule has 0 saturated heterocycles. The minimum absolute atomic E-state index is 0.304. The largest absolute Gasteiger partial charge is 0.329 e. The third kappa shape index (κ3) is 3.22. The topological polar surface area (TPSA) is 72.2 Å². The van der Waals surface area contributed by atoms with Crippen LogP contribution in [0, 0.1) is 0 Å². The lowest BCUT2D eigenvalue weighted by atomic mass is 10.0. The molecule has 0 amide bonds. The molecule has 0 heterocycles. The van der Waals surface area contributed by atoms with Crippen molar-refractivity contribution in [2.24, 2.45) is 5.73 Å². The Kier molecular flexibility index (Phi) is 4.12. The van der Waals surface area contributed by atoms with Gasteiger partial charge in [0.05, 0.1) is 4.75 Å². The van der Waals surface area contributed by atoms with Gasteiger partial charge in [0.15, 0.2) is 0 Å². The average Bonchev–Trinajstić information content (AvgIpc) is 2.01. The van der Waals surface area contributed by atoms with E-state index in [2.05, 4.69) is 4.72 Å². The zero-order chi connectivity index (χ0) is 11.6. The highest BCUT2D eigenvalue weighted by Gasteiger charge is 2.34. The molecular formula is C9H22N2O2S. The lowest BCUT2D eigenvalue weighted by Gasteiger charge is -2.31. The molecule has 0 spiro atoms. The van der Waals surface area contributed by atoms with Crippen molar-refractivity contribution in [2.75, 3.05) is 6.54 Å². The predicted molar refractivity (Wildman–Crippen MR) is 59.6 cm³/mol. The molecule has 5 heteroatoms. The van der Waals surface area contributed by atoms with Crippen molar-refractivity contribution in [1.29, 1.82) is 0 Å². The van der Waals surface area contributed by atoms with Crippen LogP contribution in [0.2, 0.25) is 0 Å². The van der Waals surface area contributed by atoms with E-state index >= 15 is 0 Å². The quantitative estimate of drug-likeness (QED) is 0.740. The zero-order valence-corrected chi connectivity index (χ0v) is 10.5. The van der Waals surface area contributed by atoms with E-state index in [9.17, 15) is 8.42 Å². The van der Waals surface area contributed by atoms with Crippen molar-refractivity contribution in [3.05, 3.63) is 0 Å². The number of rotatable bonds is 4. The Hall–Kier alpha value is -0.130. The molecule has 86 valence electrons. The number of nitrogens with one attached hydrogen (secondary N) is 1. The minimum Gasteiger partial charge on any atom is -0.329 e. The highest BCUT2D eigenvalue weighted by Crippen LogP contribution is 2.18. The summed E-state index contributed by atoms with van der Waals surface area (Å²) in [6.07, 6.45) is 0.679. The molecule has 4 nitrogen and oxygen atoms in total. The van der Waals surface area contributed by atoms with Crippen molar-refractivity contribution >= 4 is 10.0 Å². The first-order valence-electron chi connectivity index (χ1n) is 4.81. The highest BCUT2D eigenvalue weighted by molar-refractivity contribution is 7.90. The molecule has 14 heavy (non-hydrogen) atoms.